The molecule has 3 aliphatic rings. The zero-order valence-corrected chi connectivity index (χ0v) is 27.7. The molecule has 1 aromatic carbocycles. The average Bonchev–Trinajstić information content (AvgIpc) is 2.89. The maximum Gasteiger partial charge on any atom is 0.196 e. The number of carbonyl (C=O) groups is 3. The molecule has 0 bridgehead atoms. The van der Waals surface area contributed by atoms with E-state index in [4.69, 9.17) is 14.5 Å². The maximum absolute atomic E-state index is 13.9. The average molecular weight is 620 g/mol. The maximum atomic E-state index is 13.9. The van der Waals surface area contributed by atoms with Crippen molar-refractivity contribution in [2.24, 2.45) is 10.8 Å². The molecule has 2 aliphatic carbocycles. The summed E-state index contributed by atoms with van der Waals surface area (Å²) in [6, 6.07) is 7.26. The van der Waals surface area contributed by atoms with Crippen molar-refractivity contribution in [2.75, 3.05) is 19.1 Å². The predicted octanol–water partition coefficient (Wildman–Crippen LogP) is 6.26. The first-order chi connectivity index (χ1) is 20.4. The molecule has 1 aromatic heterocycles. The van der Waals surface area contributed by atoms with Gasteiger partial charge in [0.1, 0.15) is 28.7 Å². The van der Waals surface area contributed by atoms with E-state index in [0.717, 1.165) is 11.8 Å². The topological polar surface area (TPSA) is 117 Å². The minimum Gasteiger partial charge on any atom is -0.496 e. The number of rotatable bonds is 7. The summed E-state index contributed by atoms with van der Waals surface area (Å²) in [5, 5.41) is 0. The third kappa shape index (κ3) is 5.91. The van der Waals surface area contributed by atoms with Crippen LogP contribution in [0.5, 0.6) is 5.75 Å². The van der Waals surface area contributed by atoms with E-state index in [1.807, 2.05) is 53.7 Å². The van der Waals surface area contributed by atoms with Crippen molar-refractivity contribution >= 4 is 27.2 Å². The SMILES string of the molecule is CCc1ccc(-c2ccc(OC)c(C3C4=C(CC(C)(C)CC4=O)OC4=C3C(=O)CC(C)(C)C4)c2C)nc1C(=O)CS(C)(=O)=O. The smallest absolute Gasteiger partial charge is 0.196 e. The van der Waals surface area contributed by atoms with Gasteiger partial charge in [0.05, 0.1) is 18.7 Å². The van der Waals surface area contributed by atoms with Crippen LogP contribution in [-0.4, -0.2) is 49.9 Å². The van der Waals surface area contributed by atoms with Crippen LogP contribution >= 0.6 is 0 Å². The van der Waals surface area contributed by atoms with Gasteiger partial charge in [-0.3, -0.25) is 14.4 Å². The number of methoxy groups -OCH3 is 1. The monoisotopic (exact) mass is 619 g/mol. The number of sulfone groups is 1. The van der Waals surface area contributed by atoms with Crippen LogP contribution in [0.4, 0.5) is 0 Å². The van der Waals surface area contributed by atoms with Gasteiger partial charge in [-0.1, -0.05) is 40.7 Å². The van der Waals surface area contributed by atoms with Crippen LogP contribution in [0, 0.1) is 17.8 Å². The van der Waals surface area contributed by atoms with Crippen molar-refractivity contribution in [3.8, 4) is 17.0 Å². The van der Waals surface area contributed by atoms with Gasteiger partial charge < -0.3 is 9.47 Å². The first-order valence-corrected chi connectivity index (χ1v) is 17.1. The van der Waals surface area contributed by atoms with E-state index in [1.165, 1.54) is 0 Å². The molecule has 44 heavy (non-hydrogen) atoms. The summed E-state index contributed by atoms with van der Waals surface area (Å²) in [5.41, 5.74) is 3.87. The highest BCUT2D eigenvalue weighted by Gasteiger charge is 2.49. The first kappa shape index (κ1) is 31.8. The quantitative estimate of drug-likeness (QED) is 0.334. The third-order valence-electron chi connectivity index (χ3n) is 8.86. The lowest BCUT2D eigenvalue weighted by Crippen LogP contribution is -2.38. The molecule has 0 fully saturated rings. The first-order valence-electron chi connectivity index (χ1n) is 15.0. The molecule has 0 spiro atoms. The van der Waals surface area contributed by atoms with Crippen LogP contribution in [0.3, 0.4) is 0 Å². The Morgan fingerprint density at radius 2 is 1.52 bits per heavy atom. The molecular formula is C35H41NO7S. The lowest BCUT2D eigenvalue weighted by Gasteiger charge is -2.43. The number of ketones is 3. The van der Waals surface area contributed by atoms with Gasteiger partial charge >= 0.3 is 0 Å². The van der Waals surface area contributed by atoms with Gasteiger partial charge in [-0.2, -0.15) is 0 Å². The van der Waals surface area contributed by atoms with E-state index in [1.54, 1.807) is 19.2 Å². The standard InChI is InChI=1S/C35H41NO7S/c1-9-20-10-12-22(36-33(20)25(39)18-44(8,40)41)21-11-13-26(42-7)29(19(21)2)32-30-23(37)14-34(3,4)16-27(30)43-28-17-35(5,6)15-24(38)31(28)32/h10-13,32H,9,14-18H2,1-8H3. The van der Waals surface area contributed by atoms with Crippen LogP contribution in [-0.2, 0) is 30.6 Å². The molecule has 5 rings (SSSR count). The fraction of sp³-hybridized carbons (Fsp3) is 0.486. The molecule has 234 valence electrons. The Hall–Kier alpha value is -3.59. The van der Waals surface area contributed by atoms with E-state index in [2.05, 4.69) is 0 Å². The van der Waals surface area contributed by atoms with Crippen LogP contribution in [0.25, 0.3) is 11.3 Å². The van der Waals surface area contributed by atoms with E-state index >= 15 is 0 Å². The van der Waals surface area contributed by atoms with Crippen LogP contribution in [0.15, 0.2) is 46.9 Å². The van der Waals surface area contributed by atoms with Crippen LogP contribution in [0.2, 0.25) is 0 Å². The predicted molar refractivity (Wildman–Crippen MR) is 168 cm³/mol. The summed E-state index contributed by atoms with van der Waals surface area (Å²) in [5.74, 6) is -0.179. The van der Waals surface area contributed by atoms with Crippen molar-refractivity contribution in [3.05, 3.63) is 69.3 Å². The summed E-state index contributed by atoms with van der Waals surface area (Å²) in [4.78, 5) is 45.5. The number of Topliss-reactive ketones (excluding diaryl/α,β-unsaturated/α-hetero) is 3. The number of benzene rings is 1. The van der Waals surface area contributed by atoms with E-state index in [-0.39, 0.29) is 28.1 Å². The van der Waals surface area contributed by atoms with Gasteiger partial charge in [0.2, 0.25) is 0 Å². The second-order valence-electron chi connectivity index (χ2n) is 14.0. The number of aryl methyl sites for hydroxylation is 1. The Balaban J connectivity index is 1.75. The molecule has 2 aromatic rings. The lowest BCUT2D eigenvalue weighted by molar-refractivity contribution is -0.120. The Labute approximate surface area is 259 Å². The summed E-state index contributed by atoms with van der Waals surface area (Å²) in [7, 11) is -1.99. The minimum atomic E-state index is -3.55. The number of hydrogen-bond donors (Lipinski definition) is 0. The number of allylic oxidation sites excluding steroid dienone is 4. The molecule has 0 saturated heterocycles. The minimum absolute atomic E-state index is 0.0450. The summed E-state index contributed by atoms with van der Waals surface area (Å²) < 4.78 is 36.2. The van der Waals surface area contributed by atoms with E-state index < -0.39 is 27.3 Å². The van der Waals surface area contributed by atoms with Gasteiger partial charge in [-0.25, -0.2) is 13.4 Å². The number of pyridine rings is 1. The highest BCUT2D eigenvalue weighted by atomic mass is 32.2. The molecule has 9 heteroatoms. The van der Waals surface area contributed by atoms with E-state index in [9.17, 15) is 22.8 Å². The van der Waals surface area contributed by atoms with Crippen LogP contribution < -0.4 is 4.74 Å². The zero-order chi connectivity index (χ0) is 32.4. The van der Waals surface area contributed by atoms with Crippen molar-refractivity contribution in [1.82, 2.24) is 4.98 Å². The molecule has 2 heterocycles. The molecule has 0 saturated carbocycles. The lowest BCUT2D eigenvalue weighted by atomic mass is 9.65. The summed E-state index contributed by atoms with van der Waals surface area (Å²) in [6.07, 6.45) is 3.35. The fourth-order valence-corrected chi connectivity index (χ4v) is 7.57. The van der Waals surface area contributed by atoms with Gasteiger partial charge in [0.25, 0.3) is 0 Å². The Morgan fingerprint density at radius 3 is 2.02 bits per heavy atom. The zero-order valence-electron chi connectivity index (χ0n) is 26.8. The number of ether oxygens (including phenoxy) is 2. The van der Waals surface area contributed by atoms with E-state index in [0.29, 0.717) is 82.9 Å². The third-order valence-corrected chi connectivity index (χ3v) is 9.64. The fourth-order valence-electron chi connectivity index (χ4n) is 6.95. The number of aromatic nitrogens is 1. The Kier molecular flexibility index (Phi) is 8.02. The molecular weight excluding hydrogens is 578 g/mol. The van der Waals surface area contributed by atoms with Gasteiger partial charge in [-0.15, -0.1) is 0 Å². The van der Waals surface area contributed by atoms with Crippen molar-refractivity contribution in [2.45, 2.75) is 79.6 Å². The molecule has 8 nitrogen and oxygen atoms in total. The largest absolute Gasteiger partial charge is 0.496 e. The molecule has 0 amide bonds. The van der Waals surface area contributed by atoms with Gasteiger partial charge in [0, 0.05) is 54.2 Å². The molecule has 1 aliphatic heterocycles. The highest BCUT2D eigenvalue weighted by Crippen LogP contribution is 2.55. The van der Waals surface area contributed by atoms with Gasteiger partial charge in [-0.05, 0) is 53.5 Å². The molecule has 0 N–H and O–H groups in total. The number of carbonyl (C=O) groups excluding carboxylic acids is 3. The van der Waals surface area contributed by atoms with Gasteiger partial charge in [0.15, 0.2) is 27.2 Å². The summed E-state index contributed by atoms with van der Waals surface area (Å²) in [6.45, 7) is 12.0. The summed E-state index contributed by atoms with van der Waals surface area (Å²) >= 11 is 0. The van der Waals surface area contributed by atoms with Crippen LogP contribution in [0.1, 0.15) is 93.4 Å². The van der Waals surface area contributed by atoms with Crippen molar-refractivity contribution < 1.29 is 32.3 Å². The molecule has 0 radical (unpaired) electrons. The Morgan fingerprint density at radius 1 is 0.955 bits per heavy atom. The normalized spacial score (nSPS) is 19.8. The number of hydrogen-bond acceptors (Lipinski definition) is 8. The van der Waals surface area contributed by atoms with Crippen molar-refractivity contribution in [1.29, 1.82) is 0 Å². The Bertz CT molecular complexity index is 1720. The highest BCUT2D eigenvalue weighted by molar-refractivity contribution is 7.91. The molecule has 0 unspecified atom stereocenters. The van der Waals surface area contributed by atoms with Crippen molar-refractivity contribution in [3.63, 3.8) is 0 Å². The number of nitrogens with zero attached hydrogens (tertiary/aromatic N) is 1. The second-order valence-corrected chi connectivity index (χ2v) is 16.1. The molecule has 0 atom stereocenters. The second kappa shape index (κ2) is 11.1.